The molecule has 2 amide bonds. The number of nitrogens with one attached hydrogen (secondary N) is 2. The Morgan fingerprint density at radius 1 is 1.38 bits per heavy atom. The van der Waals surface area contributed by atoms with Crippen molar-refractivity contribution in [1.82, 2.24) is 20.1 Å². The highest BCUT2D eigenvalue weighted by molar-refractivity contribution is 6.31. The number of fused-ring (bicyclic) bond motifs is 1. The summed E-state index contributed by atoms with van der Waals surface area (Å²) in [5, 5.41) is 4.98. The predicted octanol–water partition coefficient (Wildman–Crippen LogP) is 3.27. The smallest absolute Gasteiger partial charge is 0.316 e. The number of H-pyrrole nitrogens is 1. The Hall–Kier alpha value is -1.72. The number of aromatic nitrogens is 1. The van der Waals surface area contributed by atoms with Crippen molar-refractivity contribution in [3.05, 3.63) is 35.0 Å². The van der Waals surface area contributed by atoms with Crippen molar-refractivity contribution < 1.29 is 4.79 Å². The van der Waals surface area contributed by atoms with E-state index < -0.39 is 0 Å². The average Bonchev–Trinajstić information content (AvgIpc) is 2.98. The Morgan fingerprint density at radius 2 is 2.12 bits per heavy atom. The van der Waals surface area contributed by atoms with Crippen LogP contribution in [0.15, 0.2) is 24.4 Å². The Balaban J connectivity index is 1.52. The summed E-state index contributed by atoms with van der Waals surface area (Å²) in [6.45, 7) is 3.76. The lowest BCUT2D eigenvalue weighted by Crippen LogP contribution is -2.42. The van der Waals surface area contributed by atoms with E-state index in [4.69, 9.17) is 11.6 Å². The number of carbonyl (C=O) groups excluding carboxylic acids is 1. The number of amides is 2. The maximum absolute atomic E-state index is 11.5. The van der Waals surface area contributed by atoms with E-state index in [1.165, 1.54) is 10.9 Å². The van der Waals surface area contributed by atoms with E-state index in [1.807, 2.05) is 12.1 Å². The summed E-state index contributed by atoms with van der Waals surface area (Å²) in [6.07, 6.45) is 4.44. The molecule has 130 valence electrons. The quantitative estimate of drug-likeness (QED) is 0.891. The van der Waals surface area contributed by atoms with Crippen LogP contribution in [0.25, 0.3) is 10.9 Å². The summed E-state index contributed by atoms with van der Waals surface area (Å²) >= 11 is 6.06. The fourth-order valence-corrected chi connectivity index (χ4v) is 3.58. The van der Waals surface area contributed by atoms with Crippen molar-refractivity contribution in [2.75, 3.05) is 40.3 Å². The van der Waals surface area contributed by atoms with E-state index in [9.17, 15) is 4.79 Å². The monoisotopic (exact) mass is 348 g/mol. The third-order valence-electron chi connectivity index (χ3n) is 4.81. The first-order valence-corrected chi connectivity index (χ1v) is 8.86. The molecule has 0 atom stereocenters. The molecule has 5 nitrogen and oxygen atoms in total. The van der Waals surface area contributed by atoms with E-state index in [-0.39, 0.29) is 6.03 Å². The van der Waals surface area contributed by atoms with Gasteiger partial charge in [0.25, 0.3) is 0 Å². The van der Waals surface area contributed by atoms with Gasteiger partial charge in [-0.15, -0.1) is 0 Å². The van der Waals surface area contributed by atoms with Gasteiger partial charge >= 0.3 is 6.03 Å². The number of piperidine rings is 1. The van der Waals surface area contributed by atoms with Crippen molar-refractivity contribution in [2.24, 2.45) is 0 Å². The largest absolute Gasteiger partial charge is 0.361 e. The molecule has 0 aliphatic carbocycles. The van der Waals surface area contributed by atoms with E-state index >= 15 is 0 Å². The molecule has 0 saturated carbocycles. The normalized spacial score (nSPS) is 16.5. The summed E-state index contributed by atoms with van der Waals surface area (Å²) in [4.78, 5) is 18.9. The van der Waals surface area contributed by atoms with Crippen LogP contribution in [0.3, 0.4) is 0 Å². The Bertz CT molecular complexity index is 704. The van der Waals surface area contributed by atoms with Gasteiger partial charge in [0.2, 0.25) is 0 Å². The van der Waals surface area contributed by atoms with Crippen LogP contribution in [0, 0.1) is 0 Å². The highest BCUT2D eigenvalue weighted by Crippen LogP contribution is 2.33. The molecule has 24 heavy (non-hydrogen) atoms. The van der Waals surface area contributed by atoms with Gasteiger partial charge in [-0.3, -0.25) is 0 Å². The molecule has 2 aromatic rings. The average molecular weight is 349 g/mol. The lowest BCUT2D eigenvalue weighted by Gasteiger charge is -2.32. The number of urea groups is 1. The second kappa shape index (κ2) is 7.45. The predicted molar refractivity (Wildman–Crippen MR) is 98.8 cm³/mol. The van der Waals surface area contributed by atoms with Gasteiger partial charge in [-0.1, -0.05) is 17.7 Å². The van der Waals surface area contributed by atoms with Crippen LogP contribution < -0.4 is 5.32 Å². The van der Waals surface area contributed by atoms with E-state index in [2.05, 4.69) is 27.5 Å². The number of likely N-dealkylation sites (tertiary alicyclic amines) is 1. The Morgan fingerprint density at radius 3 is 2.83 bits per heavy atom. The van der Waals surface area contributed by atoms with Gasteiger partial charge in [0.15, 0.2) is 0 Å². The van der Waals surface area contributed by atoms with Gasteiger partial charge in [0.1, 0.15) is 0 Å². The SMILES string of the molecule is CN(C)C(=O)NCCN1CCC(c2c[nH]c3cc(Cl)ccc23)CC1. The minimum atomic E-state index is -0.0256. The number of hydrogen-bond acceptors (Lipinski definition) is 2. The topological polar surface area (TPSA) is 51.4 Å². The van der Waals surface area contributed by atoms with Crippen LogP contribution in [-0.2, 0) is 0 Å². The molecule has 2 N–H and O–H groups in total. The molecule has 3 rings (SSSR count). The third kappa shape index (κ3) is 3.84. The van der Waals surface area contributed by atoms with Gasteiger partial charge in [-0.25, -0.2) is 4.79 Å². The van der Waals surface area contributed by atoms with Crippen molar-refractivity contribution >= 4 is 28.5 Å². The first kappa shape index (κ1) is 17.1. The number of halogens is 1. The zero-order valence-corrected chi connectivity index (χ0v) is 15.1. The molecular formula is C18H25ClN4O. The summed E-state index contributed by atoms with van der Waals surface area (Å²) in [5.74, 6) is 0.590. The molecule has 0 radical (unpaired) electrons. The van der Waals surface area contributed by atoms with Crippen LogP contribution in [0.2, 0.25) is 5.02 Å². The number of benzene rings is 1. The molecule has 0 unspecified atom stereocenters. The van der Waals surface area contributed by atoms with Gasteiger partial charge in [0, 0.05) is 49.3 Å². The zero-order chi connectivity index (χ0) is 17.1. The molecule has 1 aromatic carbocycles. The van der Waals surface area contributed by atoms with Crippen LogP contribution in [-0.4, -0.2) is 61.1 Å². The number of nitrogens with zero attached hydrogens (tertiary/aromatic N) is 2. The van der Waals surface area contributed by atoms with Gasteiger partial charge in [0.05, 0.1) is 0 Å². The lowest BCUT2D eigenvalue weighted by atomic mass is 9.89. The fourth-order valence-electron chi connectivity index (χ4n) is 3.41. The Kier molecular flexibility index (Phi) is 5.31. The van der Waals surface area contributed by atoms with Gasteiger partial charge in [-0.05, 0) is 49.5 Å². The molecular weight excluding hydrogens is 324 g/mol. The van der Waals surface area contributed by atoms with Crippen LogP contribution in [0.5, 0.6) is 0 Å². The molecule has 6 heteroatoms. The standard InChI is InChI=1S/C18H25ClN4O/c1-22(2)18(24)20-7-10-23-8-5-13(6-9-23)16-12-21-17-11-14(19)3-4-15(16)17/h3-4,11-13,21H,5-10H2,1-2H3,(H,20,24). The zero-order valence-electron chi connectivity index (χ0n) is 14.3. The first-order valence-electron chi connectivity index (χ1n) is 8.48. The maximum atomic E-state index is 11.5. The molecule has 2 heterocycles. The van der Waals surface area contributed by atoms with E-state index in [0.29, 0.717) is 12.5 Å². The summed E-state index contributed by atoms with van der Waals surface area (Å²) in [7, 11) is 3.52. The molecule has 0 spiro atoms. The highest BCUT2D eigenvalue weighted by atomic mass is 35.5. The van der Waals surface area contributed by atoms with Crippen LogP contribution in [0.1, 0.15) is 24.3 Å². The Labute approximate surface area is 148 Å². The molecule has 0 bridgehead atoms. The second-order valence-electron chi connectivity index (χ2n) is 6.68. The number of carbonyl (C=O) groups is 1. The number of rotatable bonds is 4. The van der Waals surface area contributed by atoms with Crippen LogP contribution in [0.4, 0.5) is 4.79 Å². The first-order chi connectivity index (χ1) is 11.5. The molecule has 1 aliphatic rings. The van der Waals surface area contributed by atoms with Crippen molar-refractivity contribution in [2.45, 2.75) is 18.8 Å². The summed E-state index contributed by atoms with van der Waals surface area (Å²) in [5.41, 5.74) is 2.52. The van der Waals surface area contributed by atoms with Gasteiger partial charge in [-0.2, -0.15) is 0 Å². The van der Waals surface area contributed by atoms with Crippen LogP contribution >= 0.6 is 11.6 Å². The third-order valence-corrected chi connectivity index (χ3v) is 5.05. The summed E-state index contributed by atoms with van der Waals surface area (Å²) in [6, 6.07) is 6.04. The van der Waals surface area contributed by atoms with Crippen molar-refractivity contribution in [3.8, 4) is 0 Å². The maximum Gasteiger partial charge on any atom is 0.316 e. The highest BCUT2D eigenvalue weighted by Gasteiger charge is 2.22. The fraction of sp³-hybridized carbons (Fsp3) is 0.500. The minimum Gasteiger partial charge on any atom is -0.361 e. The van der Waals surface area contributed by atoms with Crippen molar-refractivity contribution in [3.63, 3.8) is 0 Å². The van der Waals surface area contributed by atoms with E-state index in [0.717, 1.165) is 43.0 Å². The number of hydrogen-bond donors (Lipinski definition) is 2. The van der Waals surface area contributed by atoms with Crippen molar-refractivity contribution in [1.29, 1.82) is 0 Å². The number of aromatic amines is 1. The molecule has 1 fully saturated rings. The lowest BCUT2D eigenvalue weighted by molar-refractivity contribution is 0.200. The molecule has 1 saturated heterocycles. The van der Waals surface area contributed by atoms with E-state index in [1.54, 1.807) is 19.0 Å². The summed E-state index contributed by atoms with van der Waals surface area (Å²) < 4.78 is 0. The van der Waals surface area contributed by atoms with Gasteiger partial charge < -0.3 is 20.1 Å². The minimum absolute atomic E-state index is 0.0256. The second-order valence-corrected chi connectivity index (χ2v) is 7.11. The molecule has 1 aromatic heterocycles. The molecule has 1 aliphatic heterocycles.